The normalized spacial score (nSPS) is 10.4. The molecule has 0 bridgehead atoms. The lowest BCUT2D eigenvalue weighted by Crippen LogP contribution is -2.07. The van der Waals surface area contributed by atoms with Gasteiger partial charge in [0.2, 0.25) is 5.95 Å². The van der Waals surface area contributed by atoms with Crippen molar-refractivity contribution in [3.63, 3.8) is 0 Å². The number of nitrogens with two attached hydrogens (primary N) is 1. The van der Waals surface area contributed by atoms with E-state index in [-0.39, 0.29) is 0 Å². The zero-order chi connectivity index (χ0) is 12.1. The van der Waals surface area contributed by atoms with Crippen LogP contribution in [-0.4, -0.2) is 26.5 Å². The molecule has 0 saturated heterocycles. The number of hydrogen-bond donors (Lipinski definition) is 3. The van der Waals surface area contributed by atoms with Gasteiger partial charge >= 0.3 is 0 Å². The quantitative estimate of drug-likeness (QED) is 0.672. The van der Waals surface area contributed by atoms with E-state index in [0.29, 0.717) is 5.95 Å². The van der Waals surface area contributed by atoms with E-state index < -0.39 is 0 Å². The molecular formula is C11H16N6. The monoisotopic (exact) mass is 232 g/mol. The SMILES string of the molecule is Cc1cc(NCCCc2ncc[nH]2)nc(N)n1. The summed E-state index contributed by atoms with van der Waals surface area (Å²) in [7, 11) is 0. The first kappa shape index (κ1) is 11.4. The minimum atomic E-state index is 0.304. The molecule has 0 aliphatic heterocycles. The highest BCUT2D eigenvalue weighted by molar-refractivity contribution is 5.39. The van der Waals surface area contributed by atoms with Gasteiger partial charge < -0.3 is 16.0 Å². The van der Waals surface area contributed by atoms with Gasteiger partial charge in [0.25, 0.3) is 0 Å². The van der Waals surface area contributed by atoms with Crippen molar-refractivity contribution >= 4 is 11.8 Å². The molecule has 6 heteroatoms. The number of nitrogen functional groups attached to an aromatic ring is 1. The Bertz CT molecular complexity index is 445. The average molecular weight is 232 g/mol. The van der Waals surface area contributed by atoms with Crippen molar-refractivity contribution in [3.8, 4) is 0 Å². The molecule has 90 valence electrons. The molecule has 4 N–H and O–H groups in total. The van der Waals surface area contributed by atoms with Crippen molar-refractivity contribution in [3.05, 3.63) is 30.0 Å². The summed E-state index contributed by atoms with van der Waals surface area (Å²) in [5.74, 6) is 2.08. The van der Waals surface area contributed by atoms with Crippen molar-refractivity contribution in [1.29, 1.82) is 0 Å². The number of nitrogens with zero attached hydrogens (tertiary/aromatic N) is 3. The lowest BCUT2D eigenvalue weighted by molar-refractivity contribution is 0.813. The Morgan fingerprint density at radius 2 is 2.29 bits per heavy atom. The van der Waals surface area contributed by atoms with E-state index in [4.69, 9.17) is 5.73 Å². The Hall–Kier alpha value is -2.11. The fourth-order valence-corrected chi connectivity index (χ4v) is 1.59. The zero-order valence-electron chi connectivity index (χ0n) is 9.77. The van der Waals surface area contributed by atoms with Crippen LogP contribution in [0, 0.1) is 6.92 Å². The third kappa shape index (κ3) is 3.44. The van der Waals surface area contributed by atoms with E-state index in [1.54, 1.807) is 6.20 Å². The summed E-state index contributed by atoms with van der Waals surface area (Å²) in [6, 6.07) is 1.88. The highest BCUT2D eigenvalue weighted by Crippen LogP contribution is 2.07. The van der Waals surface area contributed by atoms with Crippen molar-refractivity contribution in [1.82, 2.24) is 19.9 Å². The van der Waals surface area contributed by atoms with Crippen LogP contribution in [0.2, 0.25) is 0 Å². The number of H-pyrrole nitrogens is 1. The number of rotatable bonds is 5. The lowest BCUT2D eigenvalue weighted by atomic mass is 10.3. The third-order valence-electron chi connectivity index (χ3n) is 2.32. The van der Waals surface area contributed by atoms with E-state index in [1.165, 1.54) is 0 Å². The average Bonchev–Trinajstić information content (AvgIpc) is 2.76. The summed E-state index contributed by atoms with van der Waals surface area (Å²) in [5, 5.41) is 3.22. The summed E-state index contributed by atoms with van der Waals surface area (Å²) < 4.78 is 0. The molecule has 0 saturated carbocycles. The van der Waals surface area contributed by atoms with E-state index >= 15 is 0 Å². The second-order valence-corrected chi connectivity index (χ2v) is 3.82. The largest absolute Gasteiger partial charge is 0.370 e. The maximum atomic E-state index is 5.56. The van der Waals surface area contributed by atoms with E-state index in [2.05, 4.69) is 25.3 Å². The number of imidazole rings is 1. The molecule has 17 heavy (non-hydrogen) atoms. The van der Waals surface area contributed by atoms with Gasteiger partial charge in [0.05, 0.1) is 0 Å². The number of aromatic amines is 1. The minimum Gasteiger partial charge on any atom is -0.370 e. The molecule has 0 amide bonds. The first-order valence-corrected chi connectivity index (χ1v) is 5.57. The number of nitrogens with one attached hydrogen (secondary N) is 2. The topological polar surface area (TPSA) is 92.5 Å². The summed E-state index contributed by atoms with van der Waals surface area (Å²) >= 11 is 0. The molecule has 2 aromatic heterocycles. The predicted molar refractivity (Wildman–Crippen MR) is 66.6 cm³/mol. The Labute approximate surface area is 99.7 Å². The molecule has 2 rings (SSSR count). The molecule has 0 fully saturated rings. The van der Waals surface area contributed by atoms with Crippen molar-refractivity contribution < 1.29 is 0 Å². The van der Waals surface area contributed by atoms with Crippen LogP contribution < -0.4 is 11.1 Å². The number of anilines is 2. The standard InChI is InChI=1S/C11H16N6/c1-8-7-10(17-11(12)16-8)13-4-2-3-9-14-5-6-15-9/h5-7H,2-4H2,1H3,(H,14,15)(H3,12,13,16,17). The van der Waals surface area contributed by atoms with Crippen LogP contribution in [0.1, 0.15) is 17.9 Å². The van der Waals surface area contributed by atoms with E-state index in [0.717, 1.165) is 36.7 Å². The Morgan fingerprint density at radius 1 is 1.41 bits per heavy atom. The fourth-order valence-electron chi connectivity index (χ4n) is 1.59. The van der Waals surface area contributed by atoms with Gasteiger partial charge in [-0.15, -0.1) is 0 Å². The molecule has 0 aliphatic rings. The molecule has 2 heterocycles. The van der Waals surface area contributed by atoms with Gasteiger partial charge in [-0.3, -0.25) is 0 Å². The van der Waals surface area contributed by atoms with Gasteiger partial charge in [0.1, 0.15) is 11.6 Å². The number of hydrogen-bond acceptors (Lipinski definition) is 5. The van der Waals surface area contributed by atoms with Gasteiger partial charge in [-0.05, 0) is 13.3 Å². The van der Waals surface area contributed by atoms with Gasteiger partial charge in [-0.2, -0.15) is 4.98 Å². The first-order valence-electron chi connectivity index (χ1n) is 5.57. The maximum absolute atomic E-state index is 5.56. The second kappa shape index (κ2) is 5.29. The third-order valence-corrected chi connectivity index (χ3v) is 2.32. The Balaban J connectivity index is 1.78. The maximum Gasteiger partial charge on any atom is 0.222 e. The molecular weight excluding hydrogens is 216 g/mol. The van der Waals surface area contributed by atoms with E-state index in [9.17, 15) is 0 Å². The first-order chi connectivity index (χ1) is 8.24. The summed E-state index contributed by atoms with van der Waals surface area (Å²) in [6.45, 7) is 2.72. The molecule has 0 aliphatic carbocycles. The zero-order valence-corrected chi connectivity index (χ0v) is 9.77. The minimum absolute atomic E-state index is 0.304. The molecule has 0 aromatic carbocycles. The molecule has 6 nitrogen and oxygen atoms in total. The summed E-state index contributed by atoms with van der Waals surface area (Å²) in [6.07, 6.45) is 5.49. The highest BCUT2D eigenvalue weighted by atomic mass is 15.1. The van der Waals surface area contributed by atoms with Crippen LogP contribution in [-0.2, 0) is 6.42 Å². The Morgan fingerprint density at radius 3 is 3.00 bits per heavy atom. The number of aromatic nitrogens is 4. The van der Waals surface area contributed by atoms with Crippen LogP contribution in [0.25, 0.3) is 0 Å². The van der Waals surface area contributed by atoms with Gasteiger partial charge in [0.15, 0.2) is 0 Å². The molecule has 0 spiro atoms. The van der Waals surface area contributed by atoms with E-state index in [1.807, 2.05) is 19.2 Å². The highest BCUT2D eigenvalue weighted by Gasteiger charge is 1.99. The Kier molecular flexibility index (Phi) is 3.54. The van der Waals surface area contributed by atoms with Crippen LogP contribution in [0.4, 0.5) is 11.8 Å². The van der Waals surface area contributed by atoms with Gasteiger partial charge in [-0.25, -0.2) is 9.97 Å². The lowest BCUT2D eigenvalue weighted by Gasteiger charge is -2.06. The fraction of sp³-hybridized carbons (Fsp3) is 0.364. The van der Waals surface area contributed by atoms with Crippen LogP contribution in [0.5, 0.6) is 0 Å². The summed E-state index contributed by atoms with van der Waals surface area (Å²) in [4.78, 5) is 15.3. The molecule has 0 atom stereocenters. The number of aryl methyl sites for hydroxylation is 2. The molecule has 2 aromatic rings. The predicted octanol–water partition coefficient (Wildman–Crippen LogP) is 1.14. The second-order valence-electron chi connectivity index (χ2n) is 3.82. The van der Waals surface area contributed by atoms with Crippen LogP contribution >= 0.6 is 0 Å². The summed E-state index contributed by atoms with van der Waals surface area (Å²) in [5.41, 5.74) is 6.43. The van der Waals surface area contributed by atoms with Crippen molar-refractivity contribution in [2.45, 2.75) is 19.8 Å². The smallest absolute Gasteiger partial charge is 0.222 e. The van der Waals surface area contributed by atoms with Gasteiger partial charge in [0, 0.05) is 37.1 Å². The van der Waals surface area contributed by atoms with Crippen LogP contribution in [0.15, 0.2) is 18.5 Å². The van der Waals surface area contributed by atoms with Crippen molar-refractivity contribution in [2.75, 3.05) is 17.6 Å². The van der Waals surface area contributed by atoms with Crippen LogP contribution in [0.3, 0.4) is 0 Å². The van der Waals surface area contributed by atoms with Crippen molar-refractivity contribution in [2.24, 2.45) is 0 Å². The van der Waals surface area contributed by atoms with Gasteiger partial charge in [-0.1, -0.05) is 0 Å². The molecule has 0 unspecified atom stereocenters. The molecule has 0 radical (unpaired) electrons.